The number of aliphatic hydroxyl groups excluding tert-OH is 2. The third kappa shape index (κ3) is 25.4. The predicted molar refractivity (Wildman–Crippen MR) is 500 cm³/mol. The molecule has 0 radical (unpaired) electrons. The highest BCUT2D eigenvalue weighted by atomic mass is 35.5. The molecule has 0 fully saturated rings. The predicted octanol–water partition coefficient (Wildman–Crippen LogP) is 23.9. The summed E-state index contributed by atoms with van der Waals surface area (Å²) in [4.78, 5) is 44.5. The molecule has 0 unspecified atom stereocenters. The molecule has 0 atom stereocenters. The van der Waals surface area contributed by atoms with Crippen LogP contribution in [0.5, 0.6) is 0 Å². The molecule has 0 aliphatic carbocycles. The molecular formula is C92H87Cl10N7O12S2. The van der Waals surface area contributed by atoms with Crippen molar-refractivity contribution in [2.45, 2.75) is 112 Å². The maximum atomic E-state index is 12.5. The molecule has 9 N–H and O–H groups in total. The number of aromatic amines is 3. The highest BCUT2D eigenvalue weighted by Gasteiger charge is 2.22. The van der Waals surface area contributed by atoms with Crippen LogP contribution in [0.4, 0.5) is 0 Å². The number of aryl methyl sites for hydroxylation is 3. The van der Waals surface area contributed by atoms with Gasteiger partial charge in [-0.15, -0.1) is 0 Å². The Hall–Kier alpha value is -8.60. The summed E-state index contributed by atoms with van der Waals surface area (Å²) < 4.78 is 56.3. The minimum Gasteiger partial charge on any atom is -0.364 e. The lowest BCUT2D eigenvalue weighted by Crippen LogP contribution is -2.32. The van der Waals surface area contributed by atoms with Crippen LogP contribution in [0.1, 0.15) is 151 Å². The van der Waals surface area contributed by atoms with E-state index in [9.17, 15) is 46.9 Å². The number of sulfonamides is 2. The van der Waals surface area contributed by atoms with Crippen molar-refractivity contribution in [3.05, 3.63) is 346 Å². The van der Waals surface area contributed by atoms with Crippen LogP contribution in [-0.2, 0) is 68.8 Å². The van der Waals surface area contributed by atoms with E-state index in [2.05, 4.69) is 52.9 Å². The monoisotopic (exact) mass is 1900 g/mol. The Bertz CT molecular complexity index is 6580. The van der Waals surface area contributed by atoms with Crippen molar-refractivity contribution in [3.63, 3.8) is 0 Å². The number of nitrogens with one attached hydrogen (secondary N) is 5. The molecule has 31 heteroatoms. The van der Waals surface area contributed by atoms with Gasteiger partial charge in [0.1, 0.15) is 6.61 Å². The van der Waals surface area contributed by atoms with Crippen LogP contribution in [0.25, 0.3) is 54.5 Å². The molecule has 0 spiro atoms. The van der Waals surface area contributed by atoms with Crippen LogP contribution in [0.2, 0.25) is 50.2 Å². The molecule has 15 rings (SSSR count). The van der Waals surface area contributed by atoms with Gasteiger partial charge in [-0.25, -0.2) is 36.1 Å². The molecule has 15 aromatic rings. The number of H-pyrrole nitrogens is 3. The van der Waals surface area contributed by atoms with E-state index in [1.54, 1.807) is 103 Å². The molecule has 10 aromatic carbocycles. The van der Waals surface area contributed by atoms with Gasteiger partial charge in [0.2, 0.25) is 20.0 Å². The second-order valence-electron chi connectivity index (χ2n) is 29.2. The fourth-order valence-electron chi connectivity index (χ4n) is 13.8. The molecular weight excluding hydrogens is 1810 g/mol. The van der Waals surface area contributed by atoms with E-state index in [1.807, 2.05) is 124 Å². The third-order valence-electron chi connectivity index (χ3n) is 20.4. The van der Waals surface area contributed by atoms with Crippen LogP contribution in [-0.4, -0.2) is 91.8 Å². The van der Waals surface area contributed by atoms with Gasteiger partial charge in [0.15, 0.2) is 12.6 Å². The van der Waals surface area contributed by atoms with Gasteiger partial charge >= 0.3 is 0 Å². The van der Waals surface area contributed by atoms with Crippen molar-refractivity contribution >= 4 is 202 Å². The average Bonchev–Trinajstić information content (AvgIpc) is 1.66. The SMILES string of the molecule is CCCCS(=O)(=O)NC(=O)c1ccc2[nH]c(C)c(Cc3ccc(Cl)cc3Cl)c2c1.CCCCS(=O)(=O)NC(=O)c1ccc2c(ccn2Cc2ccc(Cl)cc2Cl)c1.COOCc1ccc2[nH]c(C)c(Cc3ccc(Cl)cc3Cl)c2c1.Cc1[nH]c2ccc(C(O)O)cc2c1Cc1ccc(Cl)cc1Cl.OC(O)c1ccc2c(ccn2Cc2ccc(Cl)cc2Cl)c1. The summed E-state index contributed by atoms with van der Waals surface area (Å²) in [5.41, 5.74) is 18.7. The van der Waals surface area contributed by atoms with Crippen molar-refractivity contribution in [2.24, 2.45) is 0 Å². The number of rotatable bonds is 25. The first-order chi connectivity index (χ1) is 58.6. The van der Waals surface area contributed by atoms with Gasteiger partial charge in [0, 0.05) is 189 Å². The smallest absolute Gasteiger partial charge is 0.264 e. The van der Waals surface area contributed by atoms with Crippen molar-refractivity contribution in [1.29, 1.82) is 0 Å². The van der Waals surface area contributed by atoms with E-state index < -0.39 is 44.4 Å². The number of halogens is 10. The summed E-state index contributed by atoms with van der Waals surface area (Å²) in [6.45, 7) is 11.4. The Morgan fingerprint density at radius 3 is 1.15 bits per heavy atom. The number of benzene rings is 10. The van der Waals surface area contributed by atoms with Gasteiger partial charge < -0.3 is 44.5 Å². The Labute approximate surface area is 762 Å². The lowest BCUT2D eigenvalue weighted by molar-refractivity contribution is -0.282. The average molecular weight is 1900 g/mol. The number of nitrogens with zero attached hydrogens (tertiary/aromatic N) is 2. The molecule has 0 aliphatic heterocycles. The first-order valence-corrected chi connectivity index (χ1v) is 45.8. The first kappa shape index (κ1) is 95.1. The topological polar surface area (TPSA) is 283 Å². The fraction of sp³-hybridized carbons (Fsp3) is 0.217. The molecule has 0 aliphatic rings. The standard InChI is InChI=1S/C21H22Cl2N2O3S.C20H20Cl2N2O3S.C18H17Cl2NO2.C17H15Cl2NO2.C16H13Cl2NO2/c1-3-4-9-29(27,28)25-21(26)15-6-8-20-18(11-15)17(13(2)24-20)10-14-5-7-16(22)12-19(14)23;1-2-3-10-28(26,27)23-20(25)15-5-7-19-14(11-15)8-9-24(19)13-16-4-6-17(21)12-18(16)22;1-11-15(8-13-4-5-14(19)9-17(13)20)16-7-12(10-23-22-2)3-6-18(16)21-11;1-9-13(6-10-2-4-12(18)8-15(10)19)14-7-11(17(21)22)3-5-16(14)20-9;17-13-3-1-12(14(18)8-13)9-19-6-5-10-7-11(16(20)21)2-4-15(10)19/h5-8,11-12,24H,3-4,9-10H2,1-2H3,(H,25,26);4-9,11-12H,2-3,10,13H2,1H3,(H,23,25);3-7,9,21H,8,10H2,1-2H3;2-5,7-8,17,20-22H,6H2,1H3;1-8,16,20-21H,9H2. The maximum Gasteiger partial charge on any atom is 0.264 e. The zero-order valence-electron chi connectivity index (χ0n) is 67.3. The normalized spacial score (nSPS) is 11.6. The largest absolute Gasteiger partial charge is 0.364 e. The van der Waals surface area contributed by atoms with Crippen LogP contribution in [0.3, 0.4) is 0 Å². The third-order valence-corrected chi connectivity index (χ3v) is 25.9. The zero-order chi connectivity index (χ0) is 88.7. The van der Waals surface area contributed by atoms with Crippen molar-refractivity contribution < 1.29 is 56.6 Å². The molecule has 2 amide bonds. The van der Waals surface area contributed by atoms with Gasteiger partial charge in [-0.05, 0) is 229 Å². The summed E-state index contributed by atoms with van der Waals surface area (Å²) in [6, 6.07) is 58.1. The molecule has 0 bridgehead atoms. The number of aromatic nitrogens is 5. The maximum absolute atomic E-state index is 12.5. The summed E-state index contributed by atoms with van der Waals surface area (Å²) >= 11 is 61.1. The van der Waals surface area contributed by atoms with E-state index in [1.165, 1.54) is 18.1 Å². The molecule has 123 heavy (non-hydrogen) atoms. The van der Waals surface area contributed by atoms with Crippen LogP contribution >= 0.6 is 116 Å². The zero-order valence-corrected chi connectivity index (χ0v) is 76.5. The Morgan fingerprint density at radius 2 is 0.748 bits per heavy atom. The molecule has 5 aromatic heterocycles. The molecule has 644 valence electrons. The number of hydrogen-bond acceptors (Lipinski definition) is 12. The van der Waals surface area contributed by atoms with E-state index in [0.29, 0.717) is 118 Å². The summed E-state index contributed by atoms with van der Waals surface area (Å²) in [6.07, 6.45) is 5.35. The van der Waals surface area contributed by atoms with E-state index in [-0.39, 0.29) is 11.5 Å². The van der Waals surface area contributed by atoms with Gasteiger partial charge in [-0.2, -0.15) is 0 Å². The highest BCUT2D eigenvalue weighted by molar-refractivity contribution is 7.90. The Morgan fingerprint density at radius 1 is 0.407 bits per heavy atom. The summed E-state index contributed by atoms with van der Waals surface area (Å²) in [5.74, 6) is -1.37. The van der Waals surface area contributed by atoms with E-state index in [0.717, 1.165) is 130 Å². The van der Waals surface area contributed by atoms with Crippen LogP contribution < -0.4 is 9.44 Å². The number of carbonyl (C=O) groups excluding carboxylic acids is 2. The summed E-state index contributed by atoms with van der Waals surface area (Å²) in [7, 11) is -5.76. The highest BCUT2D eigenvalue weighted by Crippen LogP contribution is 2.36. The Kier molecular flexibility index (Phi) is 33.3. The van der Waals surface area contributed by atoms with Gasteiger partial charge in [-0.3, -0.25) is 9.59 Å². The molecule has 19 nitrogen and oxygen atoms in total. The number of amides is 2. The molecule has 5 heterocycles. The van der Waals surface area contributed by atoms with Crippen molar-refractivity contribution in [2.75, 3.05) is 18.6 Å². The van der Waals surface area contributed by atoms with Gasteiger partial charge in [0.25, 0.3) is 11.8 Å². The Balaban J connectivity index is 0.000000151. The quantitative estimate of drug-likeness (QED) is 0.0147. The second kappa shape index (κ2) is 43.1. The van der Waals surface area contributed by atoms with Crippen LogP contribution in [0.15, 0.2) is 207 Å². The fourth-order valence-corrected chi connectivity index (χ4v) is 18.5. The number of carbonyl (C=O) groups is 2. The first-order valence-electron chi connectivity index (χ1n) is 38.7. The van der Waals surface area contributed by atoms with Crippen molar-refractivity contribution in [3.8, 4) is 0 Å². The van der Waals surface area contributed by atoms with E-state index in [4.69, 9.17) is 121 Å². The number of aliphatic hydroxyl groups is 4. The molecule has 0 saturated carbocycles. The second-order valence-corrected chi connectivity index (χ2v) is 37.1. The van der Waals surface area contributed by atoms with Gasteiger partial charge in [0.05, 0.1) is 18.6 Å². The molecule has 0 saturated heterocycles. The summed E-state index contributed by atoms with van der Waals surface area (Å²) in [5, 5.41) is 48.0. The number of hydrogen-bond donors (Lipinski definition) is 9. The minimum absolute atomic E-state index is 0.0598. The van der Waals surface area contributed by atoms with Crippen LogP contribution in [0, 0.1) is 20.8 Å². The number of unbranched alkanes of at least 4 members (excludes halogenated alkanes) is 2. The lowest BCUT2D eigenvalue weighted by atomic mass is 10.0. The number of fused-ring (bicyclic) bond motifs is 5. The van der Waals surface area contributed by atoms with Crippen molar-refractivity contribution in [1.82, 2.24) is 33.5 Å². The van der Waals surface area contributed by atoms with E-state index >= 15 is 0 Å². The lowest BCUT2D eigenvalue weighted by Gasteiger charge is -2.09. The van der Waals surface area contributed by atoms with Gasteiger partial charge in [-0.1, -0.05) is 191 Å². The minimum atomic E-state index is -3.64.